The normalized spacial score (nSPS) is 20.0. The van der Waals surface area contributed by atoms with Crippen molar-refractivity contribution in [3.63, 3.8) is 0 Å². The SMILES string of the molecule is CC(O)c1ccc(OCC2(O)CCCCC2)c(F)c1. The van der Waals surface area contributed by atoms with Crippen molar-refractivity contribution in [2.24, 2.45) is 0 Å². The first-order valence-corrected chi connectivity index (χ1v) is 6.83. The summed E-state index contributed by atoms with van der Waals surface area (Å²) in [6.45, 7) is 1.71. The van der Waals surface area contributed by atoms with E-state index in [9.17, 15) is 14.6 Å². The van der Waals surface area contributed by atoms with Crippen LogP contribution >= 0.6 is 0 Å². The minimum atomic E-state index is -0.826. The van der Waals surface area contributed by atoms with Crippen LogP contribution in [0.4, 0.5) is 4.39 Å². The van der Waals surface area contributed by atoms with E-state index in [1.807, 2.05) is 0 Å². The number of benzene rings is 1. The summed E-state index contributed by atoms with van der Waals surface area (Å²) < 4.78 is 19.2. The molecule has 0 radical (unpaired) electrons. The van der Waals surface area contributed by atoms with Gasteiger partial charge in [0.1, 0.15) is 6.61 Å². The third-order valence-corrected chi connectivity index (χ3v) is 3.72. The van der Waals surface area contributed by atoms with Gasteiger partial charge in [-0.15, -0.1) is 0 Å². The molecule has 2 N–H and O–H groups in total. The maximum Gasteiger partial charge on any atom is 0.165 e. The van der Waals surface area contributed by atoms with Gasteiger partial charge in [-0.3, -0.25) is 0 Å². The monoisotopic (exact) mass is 268 g/mol. The van der Waals surface area contributed by atoms with Crippen LogP contribution in [0.5, 0.6) is 5.75 Å². The van der Waals surface area contributed by atoms with Crippen LogP contribution in [0.3, 0.4) is 0 Å². The Labute approximate surface area is 113 Å². The average molecular weight is 268 g/mol. The van der Waals surface area contributed by atoms with Crippen LogP contribution in [0, 0.1) is 5.82 Å². The van der Waals surface area contributed by atoms with Crippen molar-refractivity contribution < 1.29 is 19.3 Å². The molecule has 0 aliphatic heterocycles. The van der Waals surface area contributed by atoms with E-state index in [-0.39, 0.29) is 12.4 Å². The molecule has 1 unspecified atom stereocenters. The summed E-state index contributed by atoms with van der Waals surface area (Å²) in [7, 11) is 0. The Hall–Kier alpha value is -1.13. The second kappa shape index (κ2) is 5.88. The number of hydrogen-bond donors (Lipinski definition) is 2. The van der Waals surface area contributed by atoms with Crippen molar-refractivity contribution >= 4 is 0 Å². The Morgan fingerprint density at radius 2 is 2.00 bits per heavy atom. The number of rotatable bonds is 4. The lowest BCUT2D eigenvalue weighted by Crippen LogP contribution is -2.38. The van der Waals surface area contributed by atoms with Crippen molar-refractivity contribution in [3.8, 4) is 5.75 Å². The van der Waals surface area contributed by atoms with Gasteiger partial charge in [-0.1, -0.05) is 25.3 Å². The zero-order valence-electron chi connectivity index (χ0n) is 11.2. The molecule has 1 atom stereocenters. The van der Waals surface area contributed by atoms with Gasteiger partial charge in [0, 0.05) is 0 Å². The highest BCUT2D eigenvalue weighted by atomic mass is 19.1. The number of ether oxygens (including phenoxy) is 1. The zero-order valence-corrected chi connectivity index (χ0v) is 11.2. The summed E-state index contributed by atoms with van der Waals surface area (Å²) in [6, 6.07) is 4.41. The molecular weight excluding hydrogens is 247 g/mol. The summed E-state index contributed by atoms with van der Waals surface area (Å²) in [4.78, 5) is 0. The number of hydrogen-bond acceptors (Lipinski definition) is 3. The quantitative estimate of drug-likeness (QED) is 0.882. The molecular formula is C15H21FO3. The van der Waals surface area contributed by atoms with Crippen LogP contribution in [-0.2, 0) is 0 Å². The van der Waals surface area contributed by atoms with Gasteiger partial charge < -0.3 is 14.9 Å². The predicted molar refractivity (Wildman–Crippen MR) is 70.6 cm³/mol. The lowest BCUT2D eigenvalue weighted by atomic mass is 9.85. The molecule has 0 bridgehead atoms. The van der Waals surface area contributed by atoms with Gasteiger partial charge in [0.05, 0.1) is 11.7 Å². The van der Waals surface area contributed by atoms with E-state index in [4.69, 9.17) is 4.74 Å². The Kier molecular flexibility index (Phi) is 4.42. The van der Waals surface area contributed by atoms with Gasteiger partial charge in [-0.05, 0) is 37.5 Å². The summed E-state index contributed by atoms with van der Waals surface area (Å²) >= 11 is 0. The molecule has 1 aromatic rings. The summed E-state index contributed by atoms with van der Waals surface area (Å²) in [5.74, 6) is -0.374. The van der Waals surface area contributed by atoms with Gasteiger partial charge >= 0.3 is 0 Å². The van der Waals surface area contributed by atoms with E-state index < -0.39 is 17.5 Å². The first-order chi connectivity index (χ1) is 9.00. The van der Waals surface area contributed by atoms with E-state index in [0.717, 1.165) is 19.3 Å². The van der Waals surface area contributed by atoms with Gasteiger partial charge in [0.15, 0.2) is 11.6 Å². The van der Waals surface area contributed by atoms with E-state index in [1.54, 1.807) is 13.0 Å². The first-order valence-electron chi connectivity index (χ1n) is 6.83. The van der Waals surface area contributed by atoms with Gasteiger partial charge in [0.2, 0.25) is 0 Å². The van der Waals surface area contributed by atoms with Crippen LogP contribution in [0.1, 0.15) is 50.7 Å². The van der Waals surface area contributed by atoms with Crippen LogP contribution in [-0.4, -0.2) is 22.4 Å². The Bertz CT molecular complexity index is 425. The molecule has 1 saturated carbocycles. The highest BCUT2D eigenvalue weighted by Gasteiger charge is 2.30. The summed E-state index contributed by atoms with van der Waals surface area (Å²) in [5, 5.41) is 19.6. The Morgan fingerprint density at radius 3 is 2.58 bits per heavy atom. The minimum absolute atomic E-state index is 0.123. The number of aliphatic hydroxyl groups excluding tert-OH is 1. The molecule has 0 heterocycles. The maximum atomic E-state index is 13.8. The average Bonchev–Trinajstić information content (AvgIpc) is 2.38. The van der Waals surface area contributed by atoms with E-state index in [0.29, 0.717) is 18.4 Å². The molecule has 19 heavy (non-hydrogen) atoms. The molecule has 0 amide bonds. The van der Waals surface area contributed by atoms with Gasteiger partial charge in [0.25, 0.3) is 0 Å². The molecule has 0 aromatic heterocycles. The van der Waals surface area contributed by atoms with E-state index in [1.165, 1.54) is 12.1 Å². The molecule has 1 aliphatic rings. The van der Waals surface area contributed by atoms with Crippen molar-refractivity contribution in [2.75, 3.05) is 6.61 Å². The lowest BCUT2D eigenvalue weighted by molar-refractivity contribution is -0.0347. The fourth-order valence-corrected chi connectivity index (χ4v) is 2.46. The molecule has 2 rings (SSSR count). The number of halogens is 1. The second-order valence-electron chi connectivity index (χ2n) is 5.44. The van der Waals surface area contributed by atoms with Gasteiger partial charge in [-0.2, -0.15) is 0 Å². The maximum absolute atomic E-state index is 13.8. The fourth-order valence-electron chi connectivity index (χ4n) is 2.46. The standard InChI is InChI=1S/C15H21FO3/c1-11(17)12-5-6-14(13(16)9-12)19-10-15(18)7-3-2-4-8-15/h5-6,9,11,17-18H,2-4,7-8,10H2,1H3. The molecule has 4 heteroatoms. The molecule has 0 saturated heterocycles. The van der Waals surface area contributed by atoms with Gasteiger partial charge in [-0.25, -0.2) is 4.39 Å². The van der Waals surface area contributed by atoms with Crippen molar-refractivity contribution in [2.45, 2.75) is 50.7 Å². The smallest absolute Gasteiger partial charge is 0.165 e. The zero-order chi connectivity index (χ0) is 13.9. The van der Waals surface area contributed by atoms with E-state index in [2.05, 4.69) is 0 Å². The Morgan fingerprint density at radius 1 is 1.32 bits per heavy atom. The fraction of sp³-hybridized carbons (Fsp3) is 0.600. The molecule has 0 spiro atoms. The van der Waals surface area contributed by atoms with Crippen LogP contribution in [0.25, 0.3) is 0 Å². The van der Waals surface area contributed by atoms with Crippen LogP contribution in [0.15, 0.2) is 18.2 Å². The topological polar surface area (TPSA) is 49.7 Å². The Balaban J connectivity index is 1.99. The van der Waals surface area contributed by atoms with E-state index >= 15 is 0 Å². The highest BCUT2D eigenvalue weighted by molar-refractivity contribution is 5.30. The third-order valence-electron chi connectivity index (χ3n) is 3.72. The van der Waals surface area contributed by atoms with Crippen molar-refractivity contribution in [3.05, 3.63) is 29.6 Å². The highest BCUT2D eigenvalue weighted by Crippen LogP contribution is 2.29. The molecule has 1 fully saturated rings. The summed E-state index contributed by atoms with van der Waals surface area (Å²) in [6.07, 6.45) is 3.83. The number of aliphatic hydroxyl groups is 2. The first kappa shape index (κ1) is 14.3. The largest absolute Gasteiger partial charge is 0.488 e. The molecule has 1 aromatic carbocycles. The minimum Gasteiger partial charge on any atom is -0.488 e. The van der Waals surface area contributed by atoms with Crippen molar-refractivity contribution in [1.29, 1.82) is 0 Å². The van der Waals surface area contributed by atoms with Crippen LogP contribution < -0.4 is 4.74 Å². The molecule has 3 nitrogen and oxygen atoms in total. The summed E-state index contributed by atoms with van der Waals surface area (Å²) in [5.41, 5.74) is -0.311. The second-order valence-corrected chi connectivity index (χ2v) is 5.44. The third kappa shape index (κ3) is 3.67. The molecule has 106 valence electrons. The van der Waals surface area contributed by atoms with Crippen LogP contribution in [0.2, 0.25) is 0 Å². The lowest BCUT2D eigenvalue weighted by Gasteiger charge is -2.31. The van der Waals surface area contributed by atoms with Crippen molar-refractivity contribution in [1.82, 2.24) is 0 Å². The molecule has 1 aliphatic carbocycles. The predicted octanol–water partition coefficient (Wildman–Crippen LogP) is 2.95.